The van der Waals surface area contributed by atoms with Gasteiger partial charge in [-0.1, -0.05) is 31.9 Å². The summed E-state index contributed by atoms with van der Waals surface area (Å²) in [6.45, 7) is 2.65. The molecule has 0 atom stereocenters. The molecule has 2 rings (SSSR count). The molecule has 0 heterocycles. The van der Waals surface area contributed by atoms with E-state index < -0.39 is 15.9 Å². The van der Waals surface area contributed by atoms with Crippen molar-refractivity contribution in [1.29, 1.82) is 0 Å². The number of anilines is 1. The quantitative estimate of drug-likeness (QED) is 0.446. The van der Waals surface area contributed by atoms with E-state index in [9.17, 15) is 13.2 Å². The summed E-state index contributed by atoms with van der Waals surface area (Å²) in [5.74, 6) is 0.0983. The Labute approximate surface area is 170 Å². The molecule has 0 spiro atoms. The van der Waals surface area contributed by atoms with Gasteiger partial charge in [0.05, 0.1) is 17.1 Å². The SMILES string of the molecule is CCCCCOc1ccccc1C(=O)NC(=S)Nc1ccc(S(N)(=O)=O)cc1. The maximum atomic E-state index is 12.5. The summed E-state index contributed by atoms with van der Waals surface area (Å²) in [4.78, 5) is 12.5. The van der Waals surface area contributed by atoms with Crippen molar-refractivity contribution < 1.29 is 17.9 Å². The second-order valence-electron chi connectivity index (χ2n) is 6.03. The topological polar surface area (TPSA) is 111 Å². The minimum atomic E-state index is -3.76. The first-order chi connectivity index (χ1) is 13.3. The predicted molar refractivity (Wildman–Crippen MR) is 113 cm³/mol. The van der Waals surface area contributed by atoms with E-state index in [4.69, 9.17) is 22.1 Å². The Balaban J connectivity index is 1.98. The van der Waals surface area contributed by atoms with Crippen LogP contribution in [0.2, 0.25) is 0 Å². The van der Waals surface area contributed by atoms with Crippen molar-refractivity contribution in [2.75, 3.05) is 11.9 Å². The summed E-state index contributed by atoms with van der Waals surface area (Å²) in [6.07, 6.45) is 3.07. The Kier molecular flexibility index (Phi) is 7.91. The van der Waals surface area contributed by atoms with Gasteiger partial charge in [0.15, 0.2) is 5.11 Å². The molecule has 0 aliphatic heterocycles. The van der Waals surface area contributed by atoms with Crippen molar-refractivity contribution in [1.82, 2.24) is 5.32 Å². The summed E-state index contributed by atoms with van der Waals surface area (Å²) in [5.41, 5.74) is 0.898. The van der Waals surface area contributed by atoms with Crippen LogP contribution in [-0.2, 0) is 10.0 Å². The van der Waals surface area contributed by atoms with Crippen LogP contribution in [0.5, 0.6) is 5.75 Å². The lowest BCUT2D eigenvalue weighted by Crippen LogP contribution is -2.34. The van der Waals surface area contributed by atoms with Gasteiger partial charge >= 0.3 is 0 Å². The zero-order valence-electron chi connectivity index (χ0n) is 15.5. The van der Waals surface area contributed by atoms with Crippen molar-refractivity contribution in [3.63, 3.8) is 0 Å². The molecule has 4 N–H and O–H groups in total. The third kappa shape index (κ3) is 6.59. The Morgan fingerprint density at radius 1 is 1.11 bits per heavy atom. The number of carbonyl (C=O) groups excluding carboxylic acids is 1. The van der Waals surface area contributed by atoms with Crippen LogP contribution in [0.25, 0.3) is 0 Å². The fraction of sp³-hybridized carbons (Fsp3) is 0.263. The van der Waals surface area contributed by atoms with E-state index in [1.54, 1.807) is 24.3 Å². The number of carbonyl (C=O) groups is 1. The second-order valence-corrected chi connectivity index (χ2v) is 8.00. The number of benzene rings is 2. The molecule has 28 heavy (non-hydrogen) atoms. The fourth-order valence-electron chi connectivity index (χ4n) is 2.38. The molecule has 9 heteroatoms. The number of unbranched alkanes of at least 4 members (excludes halogenated alkanes) is 2. The summed E-state index contributed by atoms with van der Waals surface area (Å²) in [6, 6.07) is 12.7. The maximum Gasteiger partial charge on any atom is 0.261 e. The molecule has 0 aromatic heterocycles. The van der Waals surface area contributed by atoms with Gasteiger partial charge in [0, 0.05) is 5.69 Å². The molecule has 2 aromatic rings. The molecular weight excluding hydrogens is 398 g/mol. The molecule has 0 saturated heterocycles. The van der Waals surface area contributed by atoms with E-state index in [1.165, 1.54) is 24.3 Å². The van der Waals surface area contributed by atoms with E-state index in [2.05, 4.69) is 17.6 Å². The van der Waals surface area contributed by atoms with Gasteiger partial charge in [-0.3, -0.25) is 10.1 Å². The van der Waals surface area contributed by atoms with Crippen LogP contribution in [0.1, 0.15) is 36.5 Å². The normalized spacial score (nSPS) is 10.9. The Bertz CT molecular complexity index is 928. The second kappa shape index (κ2) is 10.2. The number of ether oxygens (including phenoxy) is 1. The minimum absolute atomic E-state index is 0.0119. The van der Waals surface area contributed by atoms with Crippen LogP contribution in [0.4, 0.5) is 5.69 Å². The molecule has 0 aliphatic carbocycles. The number of sulfonamides is 1. The Hall–Kier alpha value is -2.49. The average molecular weight is 422 g/mol. The molecule has 7 nitrogen and oxygen atoms in total. The monoisotopic (exact) mass is 421 g/mol. The van der Waals surface area contributed by atoms with Gasteiger partial charge in [-0.05, 0) is 55.0 Å². The van der Waals surface area contributed by atoms with Gasteiger partial charge in [-0.2, -0.15) is 0 Å². The molecule has 0 saturated carbocycles. The lowest BCUT2D eigenvalue weighted by atomic mass is 10.2. The van der Waals surface area contributed by atoms with Gasteiger partial charge in [0.25, 0.3) is 5.91 Å². The van der Waals surface area contributed by atoms with Crippen molar-refractivity contribution in [3.05, 3.63) is 54.1 Å². The lowest BCUT2D eigenvalue weighted by molar-refractivity contribution is 0.0973. The van der Waals surface area contributed by atoms with Crippen LogP contribution >= 0.6 is 12.2 Å². The largest absolute Gasteiger partial charge is 0.493 e. The lowest BCUT2D eigenvalue weighted by Gasteiger charge is -2.13. The highest BCUT2D eigenvalue weighted by Gasteiger charge is 2.14. The molecule has 0 unspecified atom stereocenters. The van der Waals surface area contributed by atoms with Gasteiger partial charge < -0.3 is 10.1 Å². The number of hydrogen-bond donors (Lipinski definition) is 3. The number of para-hydroxylation sites is 1. The minimum Gasteiger partial charge on any atom is -0.493 e. The number of thiocarbonyl (C=S) groups is 1. The first-order valence-electron chi connectivity index (χ1n) is 8.78. The summed E-state index contributed by atoms with van der Waals surface area (Å²) < 4.78 is 28.3. The van der Waals surface area contributed by atoms with Crippen molar-refractivity contribution >= 4 is 38.9 Å². The zero-order chi connectivity index (χ0) is 20.6. The smallest absolute Gasteiger partial charge is 0.261 e. The number of nitrogens with one attached hydrogen (secondary N) is 2. The van der Waals surface area contributed by atoms with Crippen molar-refractivity contribution in [2.45, 2.75) is 31.1 Å². The standard InChI is InChI=1S/C19H23N3O4S2/c1-2-3-6-13-26-17-8-5-4-7-16(17)18(23)22-19(27)21-14-9-11-15(12-10-14)28(20,24)25/h4-5,7-12H,2-3,6,13H2,1H3,(H2,20,24,25)(H2,21,22,23,27). The van der Waals surface area contributed by atoms with Gasteiger partial charge in [-0.25, -0.2) is 13.6 Å². The van der Waals surface area contributed by atoms with Gasteiger partial charge in [-0.15, -0.1) is 0 Å². The number of hydrogen-bond acceptors (Lipinski definition) is 5. The third-order valence-corrected chi connectivity index (χ3v) is 4.94. The predicted octanol–water partition coefficient (Wildman–Crippen LogP) is 3.03. The fourth-order valence-corrected chi connectivity index (χ4v) is 3.10. The molecular formula is C19H23N3O4S2. The maximum absolute atomic E-state index is 12.5. The van der Waals surface area contributed by atoms with Gasteiger partial charge in [0.1, 0.15) is 5.75 Å². The van der Waals surface area contributed by atoms with Crippen LogP contribution < -0.4 is 20.5 Å². The molecule has 0 aliphatic rings. The van der Waals surface area contributed by atoms with Crippen LogP contribution in [0.3, 0.4) is 0 Å². The van der Waals surface area contributed by atoms with Crippen molar-refractivity contribution in [2.24, 2.45) is 5.14 Å². The molecule has 0 bridgehead atoms. The highest BCUT2D eigenvalue weighted by molar-refractivity contribution is 7.89. The van der Waals surface area contributed by atoms with E-state index in [1.807, 2.05) is 0 Å². The number of amides is 1. The number of rotatable bonds is 8. The van der Waals surface area contributed by atoms with Gasteiger partial charge in [0.2, 0.25) is 10.0 Å². The van der Waals surface area contributed by atoms with E-state index >= 15 is 0 Å². The average Bonchev–Trinajstić information content (AvgIpc) is 2.65. The first kappa shape index (κ1) is 21.8. The van der Waals surface area contributed by atoms with E-state index in [0.29, 0.717) is 23.6 Å². The Morgan fingerprint density at radius 2 is 1.79 bits per heavy atom. The van der Waals surface area contributed by atoms with E-state index in [-0.39, 0.29) is 10.0 Å². The number of nitrogens with two attached hydrogens (primary N) is 1. The molecule has 1 amide bonds. The third-order valence-electron chi connectivity index (χ3n) is 3.80. The highest BCUT2D eigenvalue weighted by atomic mass is 32.2. The van der Waals surface area contributed by atoms with Crippen LogP contribution in [-0.4, -0.2) is 26.0 Å². The van der Waals surface area contributed by atoms with Crippen LogP contribution in [0, 0.1) is 0 Å². The van der Waals surface area contributed by atoms with E-state index in [0.717, 1.165) is 19.3 Å². The van der Waals surface area contributed by atoms with Crippen LogP contribution in [0.15, 0.2) is 53.4 Å². The summed E-state index contributed by atoms with van der Waals surface area (Å²) in [5, 5.41) is 10.6. The summed E-state index contributed by atoms with van der Waals surface area (Å²) in [7, 11) is -3.76. The van der Waals surface area contributed by atoms with Crippen molar-refractivity contribution in [3.8, 4) is 5.75 Å². The summed E-state index contributed by atoms with van der Waals surface area (Å²) >= 11 is 5.16. The Morgan fingerprint density at radius 3 is 2.43 bits per heavy atom. The molecule has 0 radical (unpaired) electrons. The molecule has 2 aromatic carbocycles. The molecule has 0 fully saturated rings. The highest BCUT2D eigenvalue weighted by Crippen LogP contribution is 2.18. The first-order valence-corrected chi connectivity index (χ1v) is 10.7. The molecule has 150 valence electrons. The number of primary sulfonamides is 1. The zero-order valence-corrected chi connectivity index (χ0v) is 17.1.